The van der Waals surface area contributed by atoms with Gasteiger partial charge in [0.05, 0.1) is 31.1 Å². The number of hydrogen-bond acceptors (Lipinski definition) is 4. The van der Waals surface area contributed by atoms with Crippen molar-refractivity contribution in [3.8, 4) is 11.5 Å². The number of rotatable bonds is 6. The summed E-state index contributed by atoms with van der Waals surface area (Å²) < 4.78 is 12.4. The molecule has 1 aromatic carbocycles. The Morgan fingerprint density at radius 3 is 2.70 bits per heavy atom. The fraction of sp³-hybridized carbons (Fsp3) is 0.357. The summed E-state index contributed by atoms with van der Waals surface area (Å²) in [5, 5.41) is 8.04. The van der Waals surface area contributed by atoms with Crippen LogP contribution >= 0.6 is 11.6 Å². The Balaban J connectivity index is 2.11. The Morgan fingerprint density at radius 2 is 2.10 bits per heavy atom. The first-order valence-electron chi connectivity index (χ1n) is 6.34. The normalized spacial score (nSPS) is 10.4. The minimum Gasteiger partial charge on any atom is -0.493 e. The van der Waals surface area contributed by atoms with Gasteiger partial charge < -0.3 is 14.8 Å². The Labute approximate surface area is 123 Å². The zero-order chi connectivity index (χ0) is 14.5. The largest absolute Gasteiger partial charge is 0.493 e. The molecule has 0 saturated heterocycles. The van der Waals surface area contributed by atoms with Gasteiger partial charge in [0, 0.05) is 19.3 Å². The molecule has 20 heavy (non-hydrogen) atoms. The fourth-order valence-electron chi connectivity index (χ4n) is 1.91. The van der Waals surface area contributed by atoms with Crippen LogP contribution in [0.2, 0.25) is 5.02 Å². The highest BCUT2D eigenvalue weighted by molar-refractivity contribution is 6.32. The predicted molar refractivity (Wildman–Crippen MR) is 79.8 cm³/mol. The predicted octanol–water partition coefficient (Wildman–Crippen LogP) is 3.19. The van der Waals surface area contributed by atoms with Crippen LogP contribution in [0.15, 0.2) is 24.5 Å². The number of ether oxygens (including phenoxy) is 2. The third-order valence-corrected chi connectivity index (χ3v) is 3.23. The molecule has 0 saturated carbocycles. The molecule has 0 bridgehead atoms. The minimum atomic E-state index is 0.535. The number of benzene rings is 1. The van der Waals surface area contributed by atoms with Gasteiger partial charge in [0.1, 0.15) is 0 Å². The van der Waals surface area contributed by atoms with Gasteiger partial charge in [-0.1, -0.05) is 11.6 Å². The number of aromatic nitrogens is 2. The van der Waals surface area contributed by atoms with Crippen LogP contribution in [-0.2, 0) is 13.1 Å². The molecule has 0 fully saturated rings. The lowest BCUT2D eigenvalue weighted by molar-refractivity contribution is 0.355. The highest BCUT2D eigenvalue weighted by atomic mass is 35.5. The molecule has 0 aliphatic carbocycles. The third kappa shape index (κ3) is 3.17. The lowest BCUT2D eigenvalue weighted by atomic mass is 10.2. The van der Waals surface area contributed by atoms with Crippen LogP contribution in [0, 0.1) is 0 Å². The van der Waals surface area contributed by atoms with Gasteiger partial charge in [-0.05, 0) is 24.6 Å². The molecule has 2 aromatic rings. The van der Waals surface area contributed by atoms with E-state index in [1.165, 1.54) is 0 Å². The van der Waals surface area contributed by atoms with Crippen molar-refractivity contribution < 1.29 is 9.47 Å². The molecule has 0 spiro atoms. The maximum absolute atomic E-state index is 6.17. The molecule has 0 aliphatic rings. The number of nitrogens with zero attached hydrogens (tertiary/aromatic N) is 2. The topological polar surface area (TPSA) is 48.3 Å². The maximum Gasteiger partial charge on any atom is 0.179 e. The molecule has 0 unspecified atom stereocenters. The minimum absolute atomic E-state index is 0.535. The molecule has 0 radical (unpaired) electrons. The van der Waals surface area contributed by atoms with Gasteiger partial charge in [-0.3, -0.25) is 4.68 Å². The second-order valence-electron chi connectivity index (χ2n) is 4.25. The molecule has 0 atom stereocenters. The summed E-state index contributed by atoms with van der Waals surface area (Å²) in [6.07, 6.45) is 3.76. The molecule has 6 heteroatoms. The van der Waals surface area contributed by atoms with Gasteiger partial charge in [0.25, 0.3) is 0 Å². The highest BCUT2D eigenvalue weighted by Crippen LogP contribution is 2.36. The van der Waals surface area contributed by atoms with Crippen LogP contribution in [0.5, 0.6) is 11.5 Å². The SMILES string of the molecule is CCn1cc(NCc2cc(Cl)c(OC)c(OC)c2)cn1. The van der Waals surface area contributed by atoms with Gasteiger partial charge in [0.15, 0.2) is 11.5 Å². The summed E-state index contributed by atoms with van der Waals surface area (Å²) in [6.45, 7) is 3.53. The Morgan fingerprint density at radius 1 is 1.30 bits per heavy atom. The van der Waals surface area contributed by atoms with Gasteiger partial charge in [0.2, 0.25) is 0 Å². The summed E-state index contributed by atoms with van der Waals surface area (Å²) in [4.78, 5) is 0. The molecule has 1 N–H and O–H groups in total. The van der Waals surface area contributed by atoms with E-state index in [2.05, 4.69) is 10.4 Å². The van der Waals surface area contributed by atoms with Crippen molar-refractivity contribution in [3.05, 3.63) is 35.1 Å². The summed E-state index contributed by atoms with van der Waals surface area (Å²) in [5.74, 6) is 1.18. The summed E-state index contributed by atoms with van der Waals surface area (Å²) in [7, 11) is 3.16. The molecule has 1 aromatic heterocycles. The van der Waals surface area contributed by atoms with E-state index >= 15 is 0 Å². The molecular formula is C14H18ClN3O2. The first-order valence-corrected chi connectivity index (χ1v) is 6.72. The average molecular weight is 296 g/mol. The van der Waals surface area contributed by atoms with E-state index in [1.54, 1.807) is 20.4 Å². The van der Waals surface area contributed by atoms with Gasteiger partial charge in [-0.2, -0.15) is 5.10 Å². The second kappa shape index (κ2) is 6.52. The van der Waals surface area contributed by atoms with E-state index < -0.39 is 0 Å². The van der Waals surface area contributed by atoms with Crippen molar-refractivity contribution in [1.29, 1.82) is 0 Å². The van der Waals surface area contributed by atoms with Crippen LogP contribution in [0.3, 0.4) is 0 Å². The zero-order valence-electron chi connectivity index (χ0n) is 11.8. The van der Waals surface area contributed by atoms with Gasteiger partial charge in [-0.15, -0.1) is 0 Å². The fourth-order valence-corrected chi connectivity index (χ4v) is 2.22. The standard InChI is InChI=1S/C14H18ClN3O2/c1-4-18-9-11(8-17-18)16-7-10-5-12(15)14(20-3)13(6-10)19-2/h5-6,8-9,16H,4,7H2,1-3H3. The first-order chi connectivity index (χ1) is 9.67. The maximum atomic E-state index is 6.17. The van der Waals surface area contributed by atoms with Crippen LogP contribution in [0.25, 0.3) is 0 Å². The van der Waals surface area contributed by atoms with Gasteiger partial charge >= 0.3 is 0 Å². The van der Waals surface area contributed by atoms with Crippen molar-refractivity contribution in [1.82, 2.24) is 9.78 Å². The number of hydrogen-bond donors (Lipinski definition) is 1. The van der Waals surface area contributed by atoms with E-state index in [-0.39, 0.29) is 0 Å². The monoisotopic (exact) mass is 295 g/mol. The molecular weight excluding hydrogens is 278 g/mol. The first kappa shape index (κ1) is 14.5. The highest BCUT2D eigenvalue weighted by Gasteiger charge is 2.10. The number of halogens is 1. The van der Waals surface area contributed by atoms with Crippen LogP contribution in [0.1, 0.15) is 12.5 Å². The number of methoxy groups -OCH3 is 2. The smallest absolute Gasteiger partial charge is 0.179 e. The van der Waals surface area contributed by atoms with Crippen LogP contribution in [-0.4, -0.2) is 24.0 Å². The Hall–Kier alpha value is -1.88. The molecule has 0 amide bonds. The van der Waals surface area contributed by atoms with Crippen molar-refractivity contribution in [2.75, 3.05) is 19.5 Å². The molecule has 108 valence electrons. The lowest BCUT2D eigenvalue weighted by Crippen LogP contribution is -2.00. The van der Waals surface area contributed by atoms with Crippen LogP contribution < -0.4 is 14.8 Å². The lowest BCUT2D eigenvalue weighted by Gasteiger charge is -2.12. The summed E-state index contributed by atoms with van der Waals surface area (Å²) >= 11 is 6.17. The third-order valence-electron chi connectivity index (χ3n) is 2.95. The van der Waals surface area contributed by atoms with E-state index in [9.17, 15) is 0 Å². The average Bonchev–Trinajstić information content (AvgIpc) is 2.92. The zero-order valence-corrected chi connectivity index (χ0v) is 12.6. The van der Waals surface area contributed by atoms with E-state index in [4.69, 9.17) is 21.1 Å². The number of nitrogens with one attached hydrogen (secondary N) is 1. The summed E-state index contributed by atoms with van der Waals surface area (Å²) in [6, 6.07) is 3.77. The van der Waals surface area contributed by atoms with Crippen molar-refractivity contribution in [3.63, 3.8) is 0 Å². The van der Waals surface area contributed by atoms with Crippen LogP contribution in [0.4, 0.5) is 5.69 Å². The van der Waals surface area contributed by atoms with E-state index in [1.807, 2.05) is 29.9 Å². The number of aryl methyl sites for hydroxylation is 1. The molecule has 5 nitrogen and oxygen atoms in total. The molecule has 2 rings (SSSR count). The van der Waals surface area contributed by atoms with Crippen molar-refractivity contribution in [2.24, 2.45) is 0 Å². The number of anilines is 1. The second-order valence-corrected chi connectivity index (χ2v) is 4.66. The quantitative estimate of drug-likeness (QED) is 0.889. The van der Waals surface area contributed by atoms with Crippen molar-refractivity contribution in [2.45, 2.75) is 20.0 Å². The van der Waals surface area contributed by atoms with E-state index in [0.717, 1.165) is 17.8 Å². The Kier molecular flexibility index (Phi) is 4.74. The summed E-state index contributed by atoms with van der Waals surface area (Å²) in [5.41, 5.74) is 1.98. The van der Waals surface area contributed by atoms with E-state index in [0.29, 0.717) is 23.1 Å². The Bertz CT molecular complexity index is 584. The van der Waals surface area contributed by atoms with Crippen molar-refractivity contribution >= 4 is 17.3 Å². The van der Waals surface area contributed by atoms with Gasteiger partial charge in [-0.25, -0.2) is 0 Å². The molecule has 0 aliphatic heterocycles. The molecule has 1 heterocycles.